The summed E-state index contributed by atoms with van der Waals surface area (Å²) in [7, 11) is 1.64. The summed E-state index contributed by atoms with van der Waals surface area (Å²) in [5, 5.41) is 10.2. The first kappa shape index (κ1) is 22.5. The number of nitrogens with zero attached hydrogens (tertiary/aromatic N) is 5. The van der Waals surface area contributed by atoms with E-state index >= 15 is 0 Å². The van der Waals surface area contributed by atoms with Gasteiger partial charge in [0.05, 0.1) is 18.4 Å². The van der Waals surface area contributed by atoms with E-state index in [1.807, 2.05) is 58.9 Å². The number of piperazine rings is 1. The zero-order chi connectivity index (χ0) is 22.5. The van der Waals surface area contributed by atoms with Gasteiger partial charge in [0.15, 0.2) is 11.0 Å². The van der Waals surface area contributed by atoms with Gasteiger partial charge in [0.25, 0.3) is 0 Å². The van der Waals surface area contributed by atoms with Gasteiger partial charge in [0.2, 0.25) is 5.91 Å². The molecule has 0 radical (unpaired) electrons. The van der Waals surface area contributed by atoms with Gasteiger partial charge in [-0.3, -0.25) is 4.79 Å². The van der Waals surface area contributed by atoms with E-state index in [1.54, 1.807) is 7.11 Å². The van der Waals surface area contributed by atoms with E-state index in [0.29, 0.717) is 25.4 Å². The molecule has 2 heterocycles. The lowest BCUT2D eigenvalue weighted by molar-refractivity contribution is -0.128. The van der Waals surface area contributed by atoms with Gasteiger partial charge in [0, 0.05) is 43.4 Å². The van der Waals surface area contributed by atoms with Gasteiger partial charge in [0.1, 0.15) is 5.75 Å². The van der Waals surface area contributed by atoms with Crippen molar-refractivity contribution in [1.29, 1.82) is 0 Å². The number of amides is 1. The van der Waals surface area contributed by atoms with Crippen molar-refractivity contribution >= 4 is 35.0 Å². The molecule has 9 heteroatoms. The highest BCUT2D eigenvalue weighted by molar-refractivity contribution is 7.99. The molecule has 1 fully saturated rings. The number of hydrogen-bond donors (Lipinski definition) is 0. The molecular weight excluding hydrogens is 446 g/mol. The quantitative estimate of drug-likeness (QED) is 0.484. The van der Waals surface area contributed by atoms with E-state index in [9.17, 15) is 4.79 Å². The summed E-state index contributed by atoms with van der Waals surface area (Å²) in [6.07, 6.45) is 0. The molecule has 3 aromatic rings. The van der Waals surface area contributed by atoms with E-state index in [1.165, 1.54) is 11.8 Å². The van der Waals surface area contributed by atoms with Crippen molar-refractivity contribution < 1.29 is 9.53 Å². The molecule has 1 saturated heterocycles. The molecule has 1 aliphatic rings. The van der Waals surface area contributed by atoms with Gasteiger partial charge in [-0.15, -0.1) is 10.2 Å². The molecule has 1 amide bonds. The second kappa shape index (κ2) is 10.3. The van der Waals surface area contributed by atoms with Crippen molar-refractivity contribution in [2.24, 2.45) is 0 Å². The second-order valence-electron chi connectivity index (χ2n) is 7.39. The zero-order valence-corrected chi connectivity index (χ0v) is 19.8. The Kier molecular flexibility index (Phi) is 7.22. The lowest BCUT2D eigenvalue weighted by atomic mass is 10.2. The Balaban J connectivity index is 1.37. The van der Waals surface area contributed by atoms with Crippen LogP contribution in [-0.4, -0.2) is 64.6 Å². The first-order valence-electron chi connectivity index (χ1n) is 10.6. The predicted octanol–water partition coefficient (Wildman–Crippen LogP) is 4.07. The smallest absolute Gasteiger partial charge is 0.233 e. The molecule has 4 rings (SSSR count). The lowest BCUT2D eigenvalue weighted by Gasteiger charge is -2.36. The standard InChI is InChI=1S/C23H26ClN5O2S/c1-3-29-22(19-9-4-5-10-20(19)31-2)25-26-23(29)32-16-21(30)28-13-11-27(12-14-28)18-8-6-7-17(24)15-18/h4-10,15H,3,11-14,16H2,1-2H3. The number of para-hydroxylation sites is 1. The highest BCUT2D eigenvalue weighted by atomic mass is 35.5. The first-order valence-corrected chi connectivity index (χ1v) is 11.9. The Morgan fingerprint density at radius 1 is 1.09 bits per heavy atom. The Hall–Kier alpha value is -2.71. The average Bonchev–Trinajstić information content (AvgIpc) is 3.25. The Labute approximate surface area is 197 Å². The number of methoxy groups -OCH3 is 1. The molecule has 0 unspecified atom stereocenters. The topological polar surface area (TPSA) is 63.5 Å². The molecule has 2 aromatic carbocycles. The normalized spacial score (nSPS) is 14.0. The number of carbonyl (C=O) groups is 1. The second-order valence-corrected chi connectivity index (χ2v) is 8.77. The van der Waals surface area contributed by atoms with Crippen molar-refractivity contribution in [2.45, 2.75) is 18.6 Å². The number of rotatable bonds is 7. The fourth-order valence-electron chi connectivity index (χ4n) is 3.81. The van der Waals surface area contributed by atoms with E-state index in [2.05, 4.69) is 21.2 Å². The van der Waals surface area contributed by atoms with Crippen molar-refractivity contribution in [2.75, 3.05) is 43.9 Å². The molecule has 32 heavy (non-hydrogen) atoms. The maximum Gasteiger partial charge on any atom is 0.233 e. The molecule has 1 aliphatic heterocycles. The van der Waals surface area contributed by atoms with Gasteiger partial charge >= 0.3 is 0 Å². The third kappa shape index (κ3) is 4.86. The minimum atomic E-state index is 0.116. The summed E-state index contributed by atoms with van der Waals surface area (Å²) < 4.78 is 7.49. The van der Waals surface area contributed by atoms with E-state index in [4.69, 9.17) is 16.3 Å². The number of ether oxygens (including phenoxy) is 1. The molecule has 168 valence electrons. The van der Waals surface area contributed by atoms with E-state index < -0.39 is 0 Å². The summed E-state index contributed by atoms with van der Waals surface area (Å²) in [5.74, 6) is 1.95. The highest BCUT2D eigenvalue weighted by Gasteiger charge is 2.23. The maximum absolute atomic E-state index is 12.8. The van der Waals surface area contributed by atoms with Crippen molar-refractivity contribution in [1.82, 2.24) is 19.7 Å². The minimum absolute atomic E-state index is 0.116. The predicted molar refractivity (Wildman–Crippen MR) is 129 cm³/mol. The number of halogens is 1. The number of benzene rings is 2. The number of carbonyl (C=O) groups excluding carboxylic acids is 1. The molecule has 0 spiro atoms. The van der Waals surface area contributed by atoms with Crippen LogP contribution < -0.4 is 9.64 Å². The fourth-order valence-corrected chi connectivity index (χ4v) is 4.90. The molecule has 1 aromatic heterocycles. The summed E-state index contributed by atoms with van der Waals surface area (Å²) in [5.41, 5.74) is 1.98. The van der Waals surface area contributed by atoms with E-state index in [-0.39, 0.29) is 5.91 Å². The van der Waals surface area contributed by atoms with Crippen LogP contribution in [0.4, 0.5) is 5.69 Å². The monoisotopic (exact) mass is 471 g/mol. The third-order valence-electron chi connectivity index (χ3n) is 5.51. The van der Waals surface area contributed by atoms with Crippen molar-refractivity contribution in [3.05, 3.63) is 53.6 Å². The number of anilines is 1. The molecule has 0 aliphatic carbocycles. The van der Waals surface area contributed by atoms with Gasteiger partial charge in [-0.05, 0) is 37.3 Å². The number of hydrogen-bond acceptors (Lipinski definition) is 6. The van der Waals surface area contributed by atoms with Gasteiger partial charge in [-0.25, -0.2) is 0 Å². The van der Waals surface area contributed by atoms with Crippen LogP contribution in [0.1, 0.15) is 6.92 Å². The molecule has 0 bridgehead atoms. The number of thioether (sulfide) groups is 1. The van der Waals surface area contributed by atoms with Crippen LogP contribution >= 0.6 is 23.4 Å². The van der Waals surface area contributed by atoms with Crippen molar-refractivity contribution in [3.63, 3.8) is 0 Å². The van der Waals surface area contributed by atoms with Crippen LogP contribution in [0.3, 0.4) is 0 Å². The van der Waals surface area contributed by atoms with Crippen LogP contribution in [0.5, 0.6) is 5.75 Å². The number of aromatic nitrogens is 3. The van der Waals surface area contributed by atoms with Crippen molar-refractivity contribution in [3.8, 4) is 17.1 Å². The highest BCUT2D eigenvalue weighted by Crippen LogP contribution is 2.31. The summed E-state index contributed by atoms with van der Waals surface area (Å²) in [4.78, 5) is 17.0. The van der Waals surface area contributed by atoms with Gasteiger partial charge in [-0.1, -0.05) is 41.6 Å². The minimum Gasteiger partial charge on any atom is -0.496 e. The summed E-state index contributed by atoms with van der Waals surface area (Å²) >= 11 is 7.54. The van der Waals surface area contributed by atoms with Crippen LogP contribution in [0.25, 0.3) is 11.4 Å². The molecule has 0 N–H and O–H groups in total. The SMILES string of the molecule is CCn1c(SCC(=O)N2CCN(c3cccc(Cl)c3)CC2)nnc1-c1ccccc1OC. The molecular formula is C23H26ClN5O2S. The Morgan fingerprint density at radius 3 is 2.59 bits per heavy atom. The van der Waals surface area contributed by atoms with Gasteiger partial charge < -0.3 is 19.1 Å². The molecule has 0 atom stereocenters. The summed E-state index contributed by atoms with van der Waals surface area (Å²) in [6.45, 7) is 5.72. The molecule has 7 nitrogen and oxygen atoms in total. The van der Waals surface area contributed by atoms with Gasteiger partial charge in [-0.2, -0.15) is 0 Å². The first-order chi connectivity index (χ1) is 15.6. The maximum atomic E-state index is 12.8. The Morgan fingerprint density at radius 2 is 1.88 bits per heavy atom. The Bertz CT molecular complexity index is 1080. The lowest BCUT2D eigenvalue weighted by Crippen LogP contribution is -2.49. The zero-order valence-electron chi connectivity index (χ0n) is 18.2. The third-order valence-corrected chi connectivity index (χ3v) is 6.70. The van der Waals surface area contributed by atoms with Crippen LogP contribution in [0.15, 0.2) is 53.7 Å². The fraction of sp³-hybridized carbons (Fsp3) is 0.348. The summed E-state index contributed by atoms with van der Waals surface area (Å²) in [6, 6.07) is 15.6. The van der Waals surface area contributed by atoms with Crippen LogP contribution in [-0.2, 0) is 11.3 Å². The largest absolute Gasteiger partial charge is 0.496 e. The van der Waals surface area contributed by atoms with E-state index in [0.717, 1.165) is 46.1 Å². The van der Waals surface area contributed by atoms with Crippen LogP contribution in [0, 0.1) is 0 Å². The average molecular weight is 472 g/mol. The molecule has 0 saturated carbocycles. The van der Waals surface area contributed by atoms with Crippen LogP contribution in [0.2, 0.25) is 5.02 Å².